The standard InChI is InChI=1S/C13H16N2O5/c1-9-4-5-10(12(14-9)15(17)18)20-13(6-3-7-13)8-11(16)19-2/h4-5H,3,6-8H2,1-2H3. The van der Waals surface area contributed by atoms with Crippen molar-refractivity contribution in [3.63, 3.8) is 0 Å². The third kappa shape index (κ3) is 2.87. The summed E-state index contributed by atoms with van der Waals surface area (Å²) >= 11 is 0. The molecule has 1 aliphatic rings. The Hall–Kier alpha value is -2.18. The number of aryl methyl sites for hydroxylation is 1. The van der Waals surface area contributed by atoms with Gasteiger partial charge in [-0.25, -0.2) is 0 Å². The van der Waals surface area contributed by atoms with Crippen LogP contribution in [0.1, 0.15) is 31.4 Å². The average Bonchev–Trinajstić information content (AvgIpc) is 2.37. The van der Waals surface area contributed by atoms with Crippen LogP contribution in [0.2, 0.25) is 0 Å². The number of ether oxygens (including phenoxy) is 2. The summed E-state index contributed by atoms with van der Waals surface area (Å²) in [6.07, 6.45) is 2.36. The summed E-state index contributed by atoms with van der Waals surface area (Å²) in [6, 6.07) is 3.17. The van der Waals surface area contributed by atoms with E-state index in [-0.39, 0.29) is 24.0 Å². The van der Waals surface area contributed by atoms with Crippen molar-refractivity contribution < 1.29 is 19.2 Å². The number of hydrogen-bond acceptors (Lipinski definition) is 6. The van der Waals surface area contributed by atoms with Gasteiger partial charge >= 0.3 is 11.8 Å². The second-order valence-electron chi connectivity index (χ2n) is 4.92. The molecule has 0 aromatic carbocycles. The van der Waals surface area contributed by atoms with Crippen LogP contribution in [0, 0.1) is 17.0 Å². The predicted octanol–water partition coefficient (Wildman–Crippen LogP) is 2.16. The molecule has 2 rings (SSSR count). The minimum Gasteiger partial charge on any atom is -0.478 e. The van der Waals surface area contributed by atoms with E-state index in [2.05, 4.69) is 9.72 Å². The number of pyridine rings is 1. The van der Waals surface area contributed by atoms with Gasteiger partial charge in [0.25, 0.3) is 0 Å². The van der Waals surface area contributed by atoms with Crippen LogP contribution in [-0.4, -0.2) is 28.6 Å². The van der Waals surface area contributed by atoms with E-state index in [0.717, 1.165) is 6.42 Å². The van der Waals surface area contributed by atoms with Gasteiger partial charge in [-0.2, -0.15) is 0 Å². The fraction of sp³-hybridized carbons (Fsp3) is 0.538. The smallest absolute Gasteiger partial charge is 0.406 e. The van der Waals surface area contributed by atoms with Gasteiger partial charge in [0.15, 0.2) is 0 Å². The third-order valence-corrected chi connectivity index (χ3v) is 3.44. The summed E-state index contributed by atoms with van der Waals surface area (Å²) in [5, 5.41) is 11.0. The van der Waals surface area contributed by atoms with Crippen LogP contribution in [0.5, 0.6) is 5.75 Å². The Kier molecular flexibility index (Phi) is 3.87. The Morgan fingerprint density at radius 1 is 1.50 bits per heavy atom. The number of hydrogen-bond donors (Lipinski definition) is 0. The zero-order chi connectivity index (χ0) is 14.8. The molecular weight excluding hydrogens is 264 g/mol. The van der Waals surface area contributed by atoms with Crippen molar-refractivity contribution in [2.75, 3.05) is 7.11 Å². The quantitative estimate of drug-likeness (QED) is 0.466. The Labute approximate surface area is 116 Å². The van der Waals surface area contributed by atoms with Gasteiger partial charge in [-0.1, -0.05) is 0 Å². The Balaban J connectivity index is 2.24. The van der Waals surface area contributed by atoms with Crippen molar-refractivity contribution in [1.29, 1.82) is 0 Å². The monoisotopic (exact) mass is 280 g/mol. The van der Waals surface area contributed by atoms with Gasteiger partial charge in [-0.05, 0) is 41.3 Å². The molecule has 0 spiro atoms. The van der Waals surface area contributed by atoms with E-state index in [1.165, 1.54) is 13.2 Å². The number of carbonyl (C=O) groups excluding carboxylic acids is 1. The number of nitrogens with zero attached hydrogens (tertiary/aromatic N) is 2. The van der Waals surface area contributed by atoms with Crippen molar-refractivity contribution in [3.8, 4) is 5.75 Å². The van der Waals surface area contributed by atoms with Gasteiger partial charge in [-0.3, -0.25) is 4.79 Å². The number of aromatic nitrogens is 1. The van der Waals surface area contributed by atoms with E-state index in [1.54, 1.807) is 13.0 Å². The Morgan fingerprint density at radius 3 is 2.70 bits per heavy atom. The lowest BCUT2D eigenvalue weighted by atomic mass is 9.77. The van der Waals surface area contributed by atoms with Gasteiger partial charge < -0.3 is 19.6 Å². The topological polar surface area (TPSA) is 91.6 Å². The first-order chi connectivity index (χ1) is 9.46. The molecule has 7 heteroatoms. The summed E-state index contributed by atoms with van der Waals surface area (Å²) in [5.41, 5.74) is -0.158. The number of methoxy groups -OCH3 is 1. The van der Waals surface area contributed by atoms with Gasteiger partial charge in [0.2, 0.25) is 5.75 Å². The second kappa shape index (κ2) is 5.44. The SMILES string of the molecule is COC(=O)CC1(Oc2ccc(C)nc2[N+](=O)[O-])CCC1. The van der Waals surface area contributed by atoms with E-state index < -0.39 is 10.5 Å². The lowest BCUT2D eigenvalue weighted by Crippen LogP contribution is -2.45. The summed E-state index contributed by atoms with van der Waals surface area (Å²) < 4.78 is 10.4. The first-order valence-electron chi connectivity index (χ1n) is 6.34. The molecule has 1 heterocycles. The molecule has 1 aromatic heterocycles. The molecule has 0 N–H and O–H groups in total. The zero-order valence-electron chi connectivity index (χ0n) is 11.4. The van der Waals surface area contributed by atoms with Crippen LogP contribution in [0.4, 0.5) is 5.82 Å². The maximum Gasteiger partial charge on any atom is 0.406 e. The van der Waals surface area contributed by atoms with Gasteiger partial charge in [0, 0.05) is 6.92 Å². The second-order valence-corrected chi connectivity index (χ2v) is 4.92. The average molecular weight is 280 g/mol. The van der Waals surface area contributed by atoms with Crippen molar-refractivity contribution >= 4 is 11.8 Å². The molecule has 108 valence electrons. The van der Waals surface area contributed by atoms with Crippen LogP contribution >= 0.6 is 0 Å². The largest absolute Gasteiger partial charge is 0.478 e. The summed E-state index contributed by atoms with van der Waals surface area (Å²) in [4.78, 5) is 25.7. The number of rotatable bonds is 5. The number of esters is 1. The van der Waals surface area contributed by atoms with Gasteiger partial charge in [0.1, 0.15) is 11.3 Å². The molecule has 0 radical (unpaired) electrons. The molecule has 7 nitrogen and oxygen atoms in total. The first kappa shape index (κ1) is 14.2. The Morgan fingerprint density at radius 2 is 2.20 bits per heavy atom. The van der Waals surface area contributed by atoms with Crippen LogP contribution in [-0.2, 0) is 9.53 Å². The molecule has 0 amide bonds. The maximum atomic E-state index is 11.4. The summed E-state index contributed by atoms with van der Waals surface area (Å²) in [6.45, 7) is 1.67. The lowest BCUT2D eigenvalue weighted by Gasteiger charge is -2.40. The number of carbonyl (C=O) groups is 1. The molecular formula is C13H16N2O5. The van der Waals surface area contributed by atoms with E-state index in [4.69, 9.17) is 4.74 Å². The highest BCUT2D eigenvalue weighted by atomic mass is 16.6. The number of nitro groups is 1. The minimum absolute atomic E-state index is 0.0918. The third-order valence-electron chi connectivity index (χ3n) is 3.44. The first-order valence-corrected chi connectivity index (χ1v) is 6.34. The minimum atomic E-state index is -0.700. The Bertz CT molecular complexity index is 540. The highest BCUT2D eigenvalue weighted by Gasteiger charge is 2.43. The normalized spacial score (nSPS) is 16.1. The molecule has 0 saturated heterocycles. The van der Waals surface area contributed by atoms with E-state index >= 15 is 0 Å². The fourth-order valence-electron chi connectivity index (χ4n) is 2.20. The van der Waals surface area contributed by atoms with Gasteiger partial charge in [0.05, 0.1) is 13.5 Å². The summed E-state index contributed by atoms with van der Waals surface area (Å²) in [5.74, 6) is -0.599. The molecule has 1 saturated carbocycles. The van der Waals surface area contributed by atoms with Crippen LogP contribution < -0.4 is 4.74 Å². The summed E-state index contributed by atoms with van der Waals surface area (Å²) in [7, 11) is 1.31. The maximum absolute atomic E-state index is 11.4. The molecule has 0 atom stereocenters. The predicted molar refractivity (Wildman–Crippen MR) is 69.5 cm³/mol. The van der Waals surface area contributed by atoms with E-state index in [9.17, 15) is 14.9 Å². The van der Waals surface area contributed by atoms with Crippen molar-refractivity contribution in [1.82, 2.24) is 4.98 Å². The van der Waals surface area contributed by atoms with E-state index in [0.29, 0.717) is 18.5 Å². The molecule has 1 fully saturated rings. The fourth-order valence-corrected chi connectivity index (χ4v) is 2.20. The molecule has 20 heavy (non-hydrogen) atoms. The van der Waals surface area contributed by atoms with Crippen LogP contribution in [0.3, 0.4) is 0 Å². The molecule has 0 aliphatic heterocycles. The zero-order valence-corrected chi connectivity index (χ0v) is 11.4. The van der Waals surface area contributed by atoms with Crippen LogP contribution in [0.25, 0.3) is 0 Å². The van der Waals surface area contributed by atoms with E-state index in [1.807, 2.05) is 0 Å². The molecule has 1 aromatic rings. The van der Waals surface area contributed by atoms with Crippen molar-refractivity contribution in [3.05, 3.63) is 27.9 Å². The highest BCUT2D eigenvalue weighted by Crippen LogP contribution is 2.41. The van der Waals surface area contributed by atoms with Gasteiger partial charge in [-0.15, -0.1) is 0 Å². The van der Waals surface area contributed by atoms with Crippen molar-refractivity contribution in [2.45, 2.75) is 38.2 Å². The molecule has 1 aliphatic carbocycles. The lowest BCUT2D eigenvalue weighted by molar-refractivity contribution is -0.391. The van der Waals surface area contributed by atoms with Crippen LogP contribution in [0.15, 0.2) is 12.1 Å². The molecule has 0 bridgehead atoms. The molecule has 0 unspecified atom stereocenters. The van der Waals surface area contributed by atoms with Crippen molar-refractivity contribution in [2.24, 2.45) is 0 Å². The highest BCUT2D eigenvalue weighted by molar-refractivity contribution is 5.70.